The Morgan fingerprint density at radius 1 is 1.25 bits per heavy atom. The highest BCUT2D eigenvalue weighted by atomic mass is 35.5. The molecule has 1 aromatic carbocycles. The van der Waals surface area contributed by atoms with Crippen LogP contribution in [0, 0.1) is 5.92 Å². The van der Waals surface area contributed by atoms with Gasteiger partial charge in [-0.2, -0.15) is 0 Å². The zero-order valence-electron chi connectivity index (χ0n) is 12.9. The maximum absolute atomic E-state index is 10.2. The Balaban J connectivity index is 2.87. The second-order valence-electron chi connectivity index (χ2n) is 5.13. The van der Waals surface area contributed by atoms with Gasteiger partial charge in [-0.3, -0.25) is 4.90 Å². The normalized spacial score (nSPS) is 11.3. The number of hydrogen-bond acceptors (Lipinski definition) is 3. The summed E-state index contributed by atoms with van der Waals surface area (Å²) in [5.74, 6) is 1.32. The van der Waals surface area contributed by atoms with Crippen molar-refractivity contribution in [2.75, 3.05) is 20.2 Å². The van der Waals surface area contributed by atoms with E-state index in [-0.39, 0.29) is 5.75 Å². The van der Waals surface area contributed by atoms with Crippen LogP contribution < -0.4 is 4.74 Å². The first-order valence-corrected chi connectivity index (χ1v) is 7.71. The Bertz CT molecular complexity index is 419. The molecule has 0 unspecified atom stereocenters. The van der Waals surface area contributed by atoms with Gasteiger partial charge in [-0.15, -0.1) is 0 Å². The maximum atomic E-state index is 10.2. The molecule has 0 spiro atoms. The van der Waals surface area contributed by atoms with E-state index in [0.29, 0.717) is 23.2 Å². The van der Waals surface area contributed by atoms with Gasteiger partial charge < -0.3 is 9.84 Å². The second kappa shape index (κ2) is 8.38. The minimum Gasteiger partial charge on any atom is -0.504 e. The molecule has 0 radical (unpaired) electrons. The summed E-state index contributed by atoms with van der Waals surface area (Å²) in [4.78, 5) is 2.34. The molecule has 4 heteroatoms. The lowest BCUT2D eigenvalue weighted by atomic mass is 10.0. The van der Waals surface area contributed by atoms with Crippen LogP contribution in [0.2, 0.25) is 5.02 Å². The quantitative estimate of drug-likeness (QED) is 0.776. The van der Waals surface area contributed by atoms with E-state index in [0.717, 1.165) is 18.7 Å². The van der Waals surface area contributed by atoms with Gasteiger partial charge in [0, 0.05) is 29.7 Å². The van der Waals surface area contributed by atoms with Crippen LogP contribution in [0.4, 0.5) is 0 Å². The van der Waals surface area contributed by atoms with Crippen molar-refractivity contribution < 1.29 is 9.84 Å². The van der Waals surface area contributed by atoms with Gasteiger partial charge in [0.1, 0.15) is 0 Å². The number of phenolic OH excluding ortho intramolecular Hbond substituents is 1. The average Bonchev–Trinajstić information content (AvgIpc) is 2.46. The predicted octanol–water partition coefficient (Wildman–Crippen LogP) is 4.31. The number of benzene rings is 1. The van der Waals surface area contributed by atoms with Gasteiger partial charge >= 0.3 is 0 Å². The van der Waals surface area contributed by atoms with Crippen molar-refractivity contribution in [3.63, 3.8) is 0 Å². The zero-order chi connectivity index (χ0) is 15.1. The molecule has 0 saturated heterocycles. The Labute approximate surface area is 127 Å². The lowest BCUT2D eigenvalue weighted by molar-refractivity contribution is 0.223. The molecule has 1 rings (SSSR count). The molecule has 3 nitrogen and oxygen atoms in total. The summed E-state index contributed by atoms with van der Waals surface area (Å²) >= 11 is 6.08. The number of rotatable bonds is 8. The van der Waals surface area contributed by atoms with Crippen molar-refractivity contribution in [1.82, 2.24) is 4.90 Å². The van der Waals surface area contributed by atoms with Crippen molar-refractivity contribution in [3.8, 4) is 11.5 Å². The molecular formula is C16H26ClNO2. The Kier molecular flexibility index (Phi) is 7.17. The molecule has 1 aromatic rings. The summed E-state index contributed by atoms with van der Waals surface area (Å²) in [6.07, 6.45) is 2.36. The molecule has 0 bridgehead atoms. The van der Waals surface area contributed by atoms with Crippen molar-refractivity contribution in [2.45, 2.75) is 40.2 Å². The van der Waals surface area contributed by atoms with Crippen LogP contribution in [0.25, 0.3) is 0 Å². The average molecular weight is 300 g/mol. The molecule has 0 aliphatic rings. The Morgan fingerprint density at radius 3 is 2.40 bits per heavy atom. The van der Waals surface area contributed by atoms with Gasteiger partial charge in [0.15, 0.2) is 11.5 Å². The molecule has 20 heavy (non-hydrogen) atoms. The van der Waals surface area contributed by atoms with Crippen molar-refractivity contribution >= 4 is 11.6 Å². The number of ether oxygens (including phenoxy) is 1. The first-order chi connectivity index (χ1) is 9.55. The lowest BCUT2D eigenvalue weighted by Crippen LogP contribution is -2.28. The summed E-state index contributed by atoms with van der Waals surface area (Å²) in [6.45, 7) is 9.27. The highest BCUT2D eigenvalue weighted by Crippen LogP contribution is 2.34. The third kappa shape index (κ3) is 4.57. The molecule has 0 aliphatic carbocycles. The summed E-state index contributed by atoms with van der Waals surface area (Å²) in [5.41, 5.74) is 0.821. The molecule has 0 aromatic heterocycles. The molecule has 114 valence electrons. The van der Waals surface area contributed by atoms with Crippen LogP contribution in [-0.4, -0.2) is 30.2 Å². The van der Waals surface area contributed by atoms with E-state index in [9.17, 15) is 5.11 Å². The minimum absolute atomic E-state index is 0.194. The van der Waals surface area contributed by atoms with Gasteiger partial charge in [-0.25, -0.2) is 0 Å². The maximum Gasteiger partial charge on any atom is 0.162 e. The summed E-state index contributed by atoms with van der Waals surface area (Å²) < 4.78 is 5.15. The number of aromatic hydroxyl groups is 1. The molecule has 0 heterocycles. The van der Waals surface area contributed by atoms with Crippen molar-refractivity contribution in [3.05, 3.63) is 22.7 Å². The molecule has 0 amide bonds. The van der Waals surface area contributed by atoms with Gasteiger partial charge in [0.25, 0.3) is 0 Å². The van der Waals surface area contributed by atoms with Crippen LogP contribution in [-0.2, 0) is 6.54 Å². The van der Waals surface area contributed by atoms with Crippen LogP contribution in [0.15, 0.2) is 12.1 Å². The van der Waals surface area contributed by atoms with Gasteiger partial charge in [0.2, 0.25) is 0 Å². The number of hydrogen-bond donors (Lipinski definition) is 1. The SMILES string of the molecule is CCC(CC)CN(CC)Cc1cc(Cl)cc(OC)c1O. The number of methoxy groups -OCH3 is 1. The molecule has 0 saturated carbocycles. The highest BCUT2D eigenvalue weighted by molar-refractivity contribution is 6.30. The van der Waals surface area contributed by atoms with Crippen molar-refractivity contribution in [2.24, 2.45) is 5.92 Å². The van der Waals surface area contributed by atoms with E-state index in [1.54, 1.807) is 6.07 Å². The fourth-order valence-electron chi connectivity index (χ4n) is 2.36. The summed E-state index contributed by atoms with van der Waals surface area (Å²) in [5, 5.41) is 10.8. The van der Waals surface area contributed by atoms with E-state index in [2.05, 4.69) is 25.7 Å². The molecule has 0 atom stereocenters. The largest absolute Gasteiger partial charge is 0.504 e. The predicted molar refractivity (Wildman–Crippen MR) is 84.7 cm³/mol. The van der Waals surface area contributed by atoms with Crippen LogP contribution in [0.3, 0.4) is 0 Å². The third-order valence-corrected chi connectivity index (χ3v) is 4.07. The molecule has 0 aliphatic heterocycles. The highest BCUT2D eigenvalue weighted by Gasteiger charge is 2.15. The zero-order valence-corrected chi connectivity index (χ0v) is 13.7. The fourth-order valence-corrected chi connectivity index (χ4v) is 2.59. The van der Waals surface area contributed by atoms with Gasteiger partial charge in [-0.05, 0) is 18.5 Å². The standard InChI is InChI=1S/C16H26ClNO2/c1-5-12(6-2)10-18(7-3)11-13-8-14(17)9-15(20-4)16(13)19/h8-9,12,19H,5-7,10-11H2,1-4H3. The molecule has 1 N–H and O–H groups in total. The number of nitrogens with zero attached hydrogens (tertiary/aromatic N) is 1. The monoisotopic (exact) mass is 299 g/mol. The van der Waals surface area contributed by atoms with Crippen LogP contribution in [0.5, 0.6) is 11.5 Å². The number of phenols is 1. The summed E-state index contributed by atoms with van der Waals surface area (Å²) in [7, 11) is 1.54. The topological polar surface area (TPSA) is 32.7 Å². The smallest absolute Gasteiger partial charge is 0.162 e. The minimum atomic E-state index is 0.194. The Morgan fingerprint density at radius 2 is 1.90 bits per heavy atom. The lowest BCUT2D eigenvalue weighted by Gasteiger charge is -2.25. The second-order valence-corrected chi connectivity index (χ2v) is 5.56. The van der Waals surface area contributed by atoms with Gasteiger partial charge in [-0.1, -0.05) is 45.2 Å². The van der Waals surface area contributed by atoms with E-state index >= 15 is 0 Å². The Hall–Kier alpha value is -0.930. The van der Waals surface area contributed by atoms with E-state index in [1.165, 1.54) is 20.0 Å². The summed E-state index contributed by atoms with van der Waals surface area (Å²) in [6, 6.07) is 3.45. The number of halogens is 1. The third-order valence-electron chi connectivity index (χ3n) is 3.85. The first kappa shape index (κ1) is 17.1. The van der Waals surface area contributed by atoms with Gasteiger partial charge in [0.05, 0.1) is 7.11 Å². The van der Waals surface area contributed by atoms with Crippen LogP contribution >= 0.6 is 11.6 Å². The fraction of sp³-hybridized carbons (Fsp3) is 0.625. The van der Waals surface area contributed by atoms with E-state index in [1.807, 2.05) is 6.07 Å². The van der Waals surface area contributed by atoms with Crippen molar-refractivity contribution in [1.29, 1.82) is 0 Å². The first-order valence-electron chi connectivity index (χ1n) is 7.33. The molecule has 0 fully saturated rings. The van der Waals surface area contributed by atoms with E-state index < -0.39 is 0 Å². The van der Waals surface area contributed by atoms with Crippen LogP contribution in [0.1, 0.15) is 39.2 Å². The molecular weight excluding hydrogens is 274 g/mol. The van der Waals surface area contributed by atoms with E-state index in [4.69, 9.17) is 16.3 Å².